The Kier molecular flexibility index (Phi) is 8.06. The normalized spacial score (nSPS) is 18.1. The van der Waals surface area contributed by atoms with Gasteiger partial charge in [0.15, 0.2) is 0 Å². The van der Waals surface area contributed by atoms with Crippen molar-refractivity contribution in [2.24, 2.45) is 0 Å². The fourth-order valence-corrected chi connectivity index (χ4v) is 4.27. The van der Waals surface area contributed by atoms with Crippen LogP contribution in [-0.2, 0) is 20.7 Å². The molecule has 1 atom stereocenters. The van der Waals surface area contributed by atoms with E-state index in [9.17, 15) is 24.0 Å². The van der Waals surface area contributed by atoms with Crippen molar-refractivity contribution in [2.75, 3.05) is 6.54 Å². The molecule has 1 saturated heterocycles. The predicted molar refractivity (Wildman–Crippen MR) is 124 cm³/mol. The highest BCUT2D eigenvalue weighted by Gasteiger charge is 2.45. The minimum Gasteiger partial charge on any atom is -0.444 e. The number of carbonyl (C=O) groups is 5. The summed E-state index contributed by atoms with van der Waals surface area (Å²) >= 11 is 0. The van der Waals surface area contributed by atoms with Gasteiger partial charge in [0.2, 0.25) is 11.8 Å². The number of ether oxygens (including phenoxy) is 1. The van der Waals surface area contributed by atoms with E-state index < -0.39 is 35.5 Å². The second kappa shape index (κ2) is 10.8. The number of hydrogen-bond donors (Lipinski definition) is 2. The molecule has 0 aliphatic carbocycles. The lowest BCUT2D eigenvalue weighted by Crippen LogP contribution is -2.54. The lowest BCUT2D eigenvalue weighted by atomic mass is 9.97. The summed E-state index contributed by atoms with van der Waals surface area (Å²) in [5.41, 5.74) is 0.989. The first-order valence-corrected chi connectivity index (χ1v) is 11.9. The number of imide groups is 2. The molecule has 9 nitrogen and oxygen atoms in total. The van der Waals surface area contributed by atoms with Crippen molar-refractivity contribution in [3.63, 3.8) is 0 Å². The van der Waals surface area contributed by atoms with E-state index in [-0.39, 0.29) is 18.7 Å². The number of aryl methyl sites for hydroxylation is 1. The van der Waals surface area contributed by atoms with Gasteiger partial charge in [-0.05, 0) is 58.1 Å². The monoisotopic (exact) mass is 471 g/mol. The van der Waals surface area contributed by atoms with Crippen molar-refractivity contribution in [3.8, 4) is 0 Å². The maximum Gasteiger partial charge on any atom is 0.407 e. The van der Waals surface area contributed by atoms with Crippen LogP contribution in [0.2, 0.25) is 0 Å². The van der Waals surface area contributed by atoms with E-state index in [1.165, 1.54) is 0 Å². The molecule has 3 rings (SSSR count). The number of fused-ring (bicyclic) bond motifs is 1. The van der Waals surface area contributed by atoms with Crippen molar-refractivity contribution >= 4 is 29.7 Å². The van der Waals surface area contributed by atoms with E-state index in [1.54, 1.807) is 12.1 Å². The van der Waals surface area contributed by atoms with Gasteiger partial charge in [-0.15, -0.1) is 0 Å². The maximum absolute atomic E-state index is 13.1. The van der Waals surface area contributed by atoms with E-state index in [4.69, 9.17) is 4.74 Å². The molecule has 0 aromatic heterocycles. The lowest BCUT2D eigenvalue weighted by Gasteiger charge is -2.27. The number of unbranched alkanes of at least 4 members (excludes halogenated alkanes) is 4. The molecular formula is C25H33N3O6. The fourth-order valence-electron chi connectivity index (χ4n) is 4.27. The number of hydrogen-bond acceptors (Lipinski definition) is 6. The molecule has 1 fully saturated rings. The molecule has 2 aliphatic heterocycles. The first-order valence-electron chi connectivity index (χ1n) is 11.9. The molecule has 184 valence electrons. The van der Waals surface area contributed by atoms with Crippen molar-refractivity contribution in [3.05, 3.63) is 34.9 Å². The molecule has 1 unspecified atom stereocenters. The van der Waals surface area contributed by atoms with Crippen molar-refractivity contribution in [2.45, 2.75) is 83.8 Å². The Morgan fingerprint density at radius 2 is 1.76 bits per heavy atom. The number of piperidine rings is 1. The van der Waals surface area contributed by atoms with Gasteiger partial charge in [-0.3, -0.25) is 29.4 Å². The zero-order valence-corrected chi connectivity index (χ0v) is 20.1. The number of nitrogens with one attached hydrogen (secondary N) is 2. The highest BCUT2D eigenvalue weighted by Crippen LogP contribution is 2.30. The molecule has 2 aliphatic rings. The Labute approximate surface area is 199 Å². The number of carbonyl (C=O) groups excluding carboxylic acids is 5. The summed E-state index contributed by atoms with van der Waals surface area (Å²) in [5, 5.41) is 4.96. The molecule has 2 heterocycles. The summed E-state index contributed by atoms with van der Waals surface area (Å²) < 4.78 is 5.20. The summed E-state index contributed by atoms with van der Waals surface area (Å²) in [5.74, 6) is -1.93. The van der Waals surface area contributed by atoms with Gasteiger partial charge in [-0.25, -0.2) is 4.79 Å². The van der Waals surface area contributed by atoms with E-state index in [1.807, 2.05) is 26.8 Å². The van der Waals surface area contributed by atoms with E-state index in [2.05, 4.69) is 10.6 Å². The second-order valence-corrected chi connectivity index (χ2v) is 9.73. The maximum atomic E-state index is 13.1. The average molecular weight is 472 g/mol. The van der Waals surface area contributed by atoms with Crippen LogP contribution < -0.4 is 10.6 Å². The van der Waals surface area contributed by atoms with Crippen LogP contribution in [0.15, 0.2) is 18.2 Å². The van der Waals surface area contributed by atoms with E-state index in [0.29, 0.717) is 24.1 Å². The van der Waals surface area contributed by atoms with Crippen molar-refractivity contribution in [1.29, 1.82) is 0 Å². The predicted octanol–water partition coefficient (Wildman–Crippen LogP) is 3.11. The molecule has 0 radical (unpaired) electrons. The summed E-state index contributed by atoms with van der Waals surface area (Å²) in [4.78, 5) is 62.3. The van der Waals surface area contributed by atoms with Gasteiger partial charge in [0.05, 0.1) is 11.1 Å². The molecule has 0 bridgehead atoms. The largest absolute Gasteiger partial charge is 0.444 e. The Morgan fingerprint density at radius 1 is 1.06 bits per heavy atom. The Bertz CT molecular complexity index is 981. The van der Waals surface area contributed by atoms with Gasteiger partial charge in [-0.1, -0.05) is 31.4 Å². The smallest absolute Gasteiger partial charge is 0.407 e. The first kappa shape index (κ1) is 25.4. The van der Waals surface area contributed by atoms with Crippen LogP contribution in [0.1, 0.15) is 92.0 Å². The summed E-state index contributed by atoms with van der Waals surface area (Å²) in [7, 11) is 0. The Hall–Kier alpha value is -3.23. The SMILES string of the molecule is CC(C)(C)OC(=O)NCCCCCCCc1cccc2c1C(=O)N(C1CCC(=O)NC1=O)C2=O. The van der Waals surface area contributed by atoms with Crippen molar-refractivity contribution in [1.82, 2.24) is 15.5 Å². The quantitative estimate of drug-likeness (QED) is 0.422. The van der Waals surface area contributed by atoms with Crippen LogP contribution in [0, 0.1) is 0 Å². The Balaban J connectivity index is 1.46. The second-order valence-electron chi connectivity index (χ2n) is 9.73. The highest BCUT2D eigenvalue weighted by molar-refractivity contribution is 6.24. The summed E-state index contributed by atoms with van der Waals surface area (Å²) in [6.45, 7) is 6.04. The molecule has 2 N–H and O–H groups in total. The number of benzene rings is 1. The highest BCUT2D eigenvalue weighted by atomic mass is 16.6. The molecule has 5 amide bonds. The number of amides is 5. The van der Waals surface area contributed by atoms with E-state index in [0.717, 1.165) is 42.6 Å². The third-order valence-electron chi connectivity index (χ3n) is 5.85. The van der Waals surface area contributed by atoms with Crippen LogP contribution in [0.4, 0.5) is 4.79 Å². The Morgan fingerprint density at radius 3 is 2.47 bits per heavy atom. The van der Waals surface area contributed by atoms with Crippen LogP contribution in [0.3, 0.4) is 0 Å². The van der Waals surface area contributed by atoms with Crippen LogP contribution >= 0.6 is 0 Å². The first-order chi connectivity index (χ1) is 16.1. The molecular weight excluding hydrogens is 438 g/mol. The zero-order chi connectivity index (χ0) is 24.9. The third kappa shape index (κ3) is 6.21. The van der Waals surface area contributed by atoms with Gasteiger partial charge in [-0.2, -0.15) is 0 Å². The minimum absolute atomic E-state index is 0.101. The standard InChI is InChI=1S/C25H33N3O6/c1-25(2,3)34-24(33)26-15-8-6-4-5-7-10-16-11-9-12-17-20(16)23(32)28(22(17)31)18-13-14-19(29)27-21(18)30/h9,11-12,18H,4-8,10,13-15H2,1-3H3,(H,26,33)(H,27,29,30). The lowest BCUT2D eigenvalue weighted by molar-refractivity contribution is -0.136. The molecule has 0 spiro atoms. The van der Waals surface area contributed by atoms with Crippen LogP contribution in [-0.4, -0.2) is 52.8 Å². The third-order valence-corrected chi connectivity index (χ3v) is 5.85. The van der Waals surface area contributed by atoms with Gasteiger partial charge in [0, 0.05) is 13.0 Å². The van der Waals surface area contributed by atoms with Crippen LogP contribution in [0.5, 0.6) is 0 Å². The number of nitrogens with zero attached hydrogens (tertiary/aromatic N) is 1. The van der Waals surface area contributed by atoms with Gasteiger partial charge < -0.3 is 10.1 Å². The topological polar surface area (TPSA) is 122 Å². The molecule has 34 heavy (non-hydrogen) atoms. The summed E-state index contributed by atoms with van der Waals surface area (Å²) in [6.07, 6.45) is 5.11. The fraction of sp³-hybridized carbons (Fsp3) is 0.560. The van der Waals surface area contributed by atoms with Gasteiger partial charge >= 0.3 is 6.09 Å². The van der Waals surface area contributed by atoms with Crippen molar-refractivity contribution < 1.29 is 28.7 Å². The van der Waals surface area contributed by atoms with Gasteiger partial charge in [0.25, 0.3) is 11.8 Å². The van der Waals surface area contributed by atoms with Crippen LogP contribution in [0.25, 0.3) is 0 Å². The zero-order valence-electron chi connectivity index (χ0n) is 20.1. The average Bonchev–Trinajstić information content (AvgIpc) is 3.00. The molecule has 0 saturated carbocycles. The molecule has 9 heteroatoms. The molecule has 1 aromatic carbocycles. The number of rotatable bonds is 9. The summed E-state index contributed by atoms with van der Waals surface area (Å²) in [6, 6.07) is 4.27. The minimum atomic E-state index is -0.952. The van der Waals surface area contributed by atoms with Gasteiger partial charge in [0.1, 0.15) is 11.6 Å². The van der Waals surface area contributed by atoms with E-state index >= 15 is 0 Å². The number of alkyl carbamates (subject to hydrolysis) is 1. The molecule has 1 aromatic rings.